The van der Waals surface area contributed by atoms with Crippen molar-refractivity contribution in [2.75, 3.05) is 13.1 Å². The molecule has 1 fully saturated rings. The SMILES string of the molecule is Cc1cc(-c2cnc3ccc(Cl)cn23)nc(C2CCCN(C(=O)OC(C)(C)C)C2)n1. The first-order valence-corrected chi connectivity index (χ1v) is 10.5. The summed E-state index contributed by atoms with van der Waals surface area (Å²) in [5.41, 5.74) is 2.82. The number of halogens is 1. The maximum Gasteiger partial charge on any atom is 0.410 e. The Balaban J connectivity index is 1.63. The van der Waals surface area contributed by atoms with Gasteiger partial charge in [0.2, 0.25) is 0 Å². The molecule has 0 bridgehead atoms. The molecule has 1 atom stereocenters. The summed E-state index contributed by atoms with van der Waals surface area (Å²) in [7, 11) is 0. The zero-order valence-corrected chi connectivity index (χ0v) is 18.5. The minimum atomic E-state index is -0.513. The molecule has 30 heavy (non-hydrogen) atoms. The fourth-order valence-corrected chi connectivity index (χ4v) is 3.89. The summed E-state index contributed by atoms with van der Waals surface area (Å²) >= 11 is 6.18. The Morgan fingerprint density at radius 2 is 2.07 bits per heavy atom. The first-order valence-electron chi connectivity index (χ1n) is 10.2. The predicted octanol–water partition coefficient (Wildman–Crippen LogP) is 4.87. The zero-order valence-electron chi connectivity index (χ0n) is 17.7. The fourth-order valence-electron chi connectivity index (χ4n) is 3.73. The van der Waals surface area contributed by atoms with E-state index in [0.717, 1.165) is 41.4 Å². The number of fused-ring (bicyclic) bond motifs is 1. The summed E-state index contributed by atoms with van der Waals surface area (Å²) < 4.78 is 7.48. The lowest BCUT2D eigenvalue weighted by molar-refractivity contribution is 0.0196. The minimum absolute atomic E-state index is 0.0627. The Bertz CT molecular complexity index is 1090. The largest absolute Gasteiger partial charge is 0.444 e. The number of ether oxygens (including phenoxy) is 1. The van der Waals surface area contributed by atoms with Crippen molar-refractivity contribution in [3.05, 3.63) is 47.1 Å². The van der Waals surface area contributed by atoms with E-state index in [0.29, 0.717) is 18.1 Å². The van der Waals surface area contributed by atoms with Gasteiger partial charge in [-0.25, -0.2) is 19.7 Å². The molecule has 0 saturated carbocycles. The fraction of sp³-hybridized carbons (Fsp3) is 0.455. The van der Waals surface area contributed by atoms with E-state index in [1.54, 1.807) is 11.1 Å². The Kier molecular flexibility index (Phi) is 5.40. The molecular formula is C22H26ClN5O2. The molecule has 0 radical (unpaired) electrons. The van der Waals surface area contributed by atoms with E-state index < -0.39 is 5.60 Å². The van der Waals surface area contributed by atoms with Crippen LogP contribution in [0.5, 0.6) is 0 Å². The van der Waals surface area contributed by atoms with Crippen LogP contribution in [0.2, 0.25) is 5.02 Å². The molecule has 0 aliphatic carbocycles. The molecule has 4 heterocycles. The zero-order chi connectivity index (χ0) is 21.5. The molecule has 0 N–H and O–H groups in total. The van der Waals surface area contributed by atoms with Gasteiger partial charge >= 0.3 is 6.09 Å². The topological polar surface area (TPSA) is 72.6 Å². The number of aryl methyl sites for hydroxylation is 1. The number of hydrogen-bond acceptors (Lipinski definition) is 5. The van der Waals surface area contributed by atoms with Gasteiger partial charge in [-0.3, -0.25) is 4.40 Å². The summed E-state index contributed by atoms with van der Waals surface area (Å²) in [5, 5.41) is 0.632. The van der Waals surface area contributed by atoms with Gasteiger partial charge in [0.1, 0.15) is 17.1 Å². The van der Waals surface area contributed by atoms with Crippen LogP contribution < -0.4 is 0 Å². The van der Waals surface area contributed by atoms with E-state index in [4.69, 9.17) is 21.3 Å². The third kappa shape index (κ3) is 4.41. The van der Waals surface area contributed by atoms with Crippen molar-refractivity contribution >= 4 is 23.3 Å². The number of likely N-dealkylation sites (tertiary alicyclic amines) is 1. The number of piperidine rings is 1. The van der Waals surface area contributed by atoms with Gasteiger partial charge in [-0.05, 0) is 58.7 Å². The van der Waals surface area contributed by atoms with Crippen LogP contribution in [-0.2, 0) is 4.74 Å². The van der Waals surface area contributed by atoms with Gasteiger partial charge < -0.3 is 9.64 Å². The Morgan fingerprint density at radius 3 is 2.83 bits per heavy atom. The van der Waals surface area contributed by atoms with Crippen LogP contribution in [0.25, 0.3) is 17.0 Å². The highest BCUT2D eigenvalue weighted by atomic mass is 35.5. The van der Waals surface area contributed by atoms with Gasteiger partial charge in [-0.15, -0.1) is 0 Å². The van der Waals surface area contributed by atoms with Crippen molar-refractivity contribution in [3.8, 4) is 11.4 Å². The maximum atomic E-state index is 12.5. The van der Waals surface area contributed by atoms with Crippen molar-refractivity contribution in [2.45, 2.75) is 52.1 Å². The van der Waals surface area contributed by atoms with Gasteiger partial charge in [0.25, 0.3) is 0 Å². The van der Waals surface area contributed by atoms with Crippen molar-refractivity contribution in [3.63, 3.8) is 0 Å². The lowest BCUT2D eigenvalue weighted by atomic mass is 9.97. The van der Waals surface area contributed by atoms with Gasteiger partial charge in [0, 0.05) is 30.9 Å². The van der Waals surface area contributed by atoms with Gasteiger partial charge in [0.05, 0.1) is 22.6 Å². The first-order chi connectivity index (χ1) is 14.2. The van der Waals surface area contributed by atoms with Crippen molar-refractivity contribution in [2.24, 2.45) is 0 Å². The molecular weight excluding hydrogens is 402 g/mol. The normalized spacial score (nSPS) is 17.4. The lowest BCUT2D eigenvalue weighted by Gasteiger charge is -2.33. The number of nitrogens with zero attached hydrogens (tertiary/aromatic N) is 5. The molecule has 1 aliphatic heterocycles. The summed E-state index contributed by atoms with van der Waals surface area (Å²) in [6, 6.07) is 5.64. The Morgan fingerprint density at radius 1 is 1.27 bits per heavy atom. The quantitative estimate of drug-likeness (QED) is 0.583. The van der Waals surface area contributed by atoms with Crippen LogP contribution in [0.4, 0.5) is 4.79 Å². The molecule has 3 aromatic heterocycles. The van der Waals surface area contributed by atoms with Crippen LogP contribution in [0, 0.1) is 6.92 Å². The number of aromatic nitrogens is 4. The molecule has 8 heteroatoms. The Hall–Kier alpha value is -2.67. The molecule has 3 aromatic rings. The highest BCUT2D eigenvalue weighted by molar-refractivity contribution is 6.30. The van der Waals surface area contributed by atoms with E-state index in [1.165, 1.54) is 0 Å². The predicted molar refractivity (Wildman–Crippen MR) is 116 cm³/mol. The van der Waals surface area contributed by atoms with E-state index in [1.807, 2.05) is 56.5 Å². The molecule has 7 nitrogen and oxygen atoms in total. The van der Waals surface area contributed by atoms with E-state index in [-0.39, 0.29) is 12.0 Å². The smallest absolute Gasteiger partial charge is 0.410 e. The maximum absolute atomic E-state index is 12.5. The number of pyridine rings is 1. The number of amides is 1. The second-order valence-corrected chi connectivity index (χ2v) is 9.17. The molecule has 0 aromatic carbocycles. The second kappa shape index (κ2) is 7.87. The molecule has 1 aliphatic rings. The molecule has 1 saturated heterocycles. The molecule has 0 spiro atoms. The van der Waals surface area contributed by atoms with Crippen molar-refractivity contribution in [1.29, 1.82) is 0 Å². The average molecular weight is 428 g/mol. The number of rotatable bonds is 2. The lowest BCUT2D eigenvalue weighted by Crippen LogP contribution is -2.42. The van der Waals surface area contributed by atoms with Crippen molar-refractivity contribution in [1.82, 2.24) is 24.3 Å². The van der Waals surface area contributed by atoms with Crippen LogP contribution in [0.3, 0.4) is 0 Å². The highest BCUT2D eigenvalue weighted by Gasteiger charge is 2.30. The number of carbonyl (C=O) groups excluding carboxylic acids is 1. The minimum Gasteiger partial charge on any atom is -0.444 e. The van der Waals surface area contributed by atoms with Crippen LogP contribution in [0.1, 0.15) is 51.0 Å². The third-order valence-corrected chi connectivity index (χ3v) is 5.27. The summed E-state index contributed by atoms with van der Waals surface area (Å²) in [6.07, 6.45) is 5.17. The van der Waals surface area contributed by atoms with Gasteiger partial charge in [-0.2, -0.15) is 0 Å². The number of imidazole rings is 1. The summed E-state index contributed by atoms with van der Waals surface area (Å²) in [5.74, 6) is 0.808. The van der Waals surface area contributed by atoms with Crippen LogP contribution in [0.15, 0.2) is 30.6 Å². The van der Waals surface area contributed by atoms with E-state index in [2.05, 4.69) is 9.97 Å². The average Bonchev–Trinajstić information content (AvgIpc) is 3.09. The van der Waals surface area contributed by atoms with Crippen LogP contribution in [-0.4, -0.2) is 49.0 Å². The van der Waals surface area contributed by atoms with Gasteiger partial charge in [-0.1, -0.05) is 11.6 Å². The highest BCUT2D eigenvalue weighted by Crippen LogP contribution is 2.28. The van der Waals surface area contributed by atoms with Crippen molar-refractivity contribution < 1.29 is 9.53 Å². The molecule has 158 valence electrons. The summed E-state index contributed by atoms with van der Waals surface area (Å²) in [4.78, 5) is 28.3. The standard InChI is InChI=1S/C22H26ClN5O2/c1-14-10-17(18-11-24-19-8-7-16(23)13-28(18)19)26-20(25-14)15-6-5-9-27(12-15)21(29)30-22(2,3)4/h7-8,10-11,13,15H,5-6,9,12H2,1-4H3. The molecule has 1 amide bonds. The monoisotopic (exact) mass is 427 g/mol. The first kappa shape index (κ1) is 20.6. The Labute approximate surface area is 181 Å². The summed E-state index contributed by atoms with van der Waals surface area (Å²) in [6.45, 7) is 8.84. The van der Waals surface area contributed by atoms with E-state index >= 15 is 0 Å². The van der Waals surface area contributed by atoms with Crippen LogP contribution >= 0.6 is 11.6 Å². The molecule has 1 unspecified atom stereocenters. The third-order valence-electron chi connectivity index (χ3n) is 5.04. The number of carbonyl (C=O) groups is 1. The number of hydrogen-bond donors (Lipinski definition) is 0. The second-order valence-electron chi connectivity index (χ2n) is 8.74. The molecule has 4 rings (SSSR count). The van der Waals surface area contributed by atoms with E-state index in [9.17, 15) is 4.79 Å². The van der Waals surface area contributed by atoms with Gasteiger partial charge in [0.15, 0.2) is 0 Å².